The van der Waals surface area contributed by atoms with Gasteiger partial charge in [0.2, 0.25) is 0 Å². The van der Waals surface area contributed by atoms with Gasteiger partial charge in [0.1, 0.15) is 8.07 Å². The van der Waals surface area contributed by atoms with E-state index in [2.05, 4.69) is 69.0 Å². The van der Waals surface area contributed by atoms with Gasteiger partial charge in [-0.25, -0.2) is 0 Å². The van der Waals surface area contributed by atoms with Crippen LogP contribution in [0.1, 0.15) is 80.9 Å². The standard InChI is InChI=1S/C24H35NSi/c1-24(2)15-13-18(14-16-26(4,5)6)22-20(17-7-8-17)11-12-21(23(22)24)25(3)19-9-10-19/h11-12,17-19H,7-10,13,15H2,1-6H3. The molecule has 0 amide bonds. The maximum atomic E-state index is 3.78. The summed E-state index contributed by atoms with van der Waals surface area (Å²) in [5.74, 6) is 5.03. The Balaban J connectivity index is 1.88. The molecule has 1 aromatic rings. The fourth-order valence-corrected chi connectivity index (χ4v) is 5.24. The van der Waals surface area contributed by atoms with E-state index < -0.39 is 8.07 Å². The predicted molar refractivity (Wildman–Crippen MR) is 116 cm³/mol. The largest absolute Gasteiger partial charge is 0.371 e. The van der Waals surface area contributed by atoms with Crippen molar-refractivity contribution in [3.05, 3.63) is 28.8 Å². The Morgan fingerprint density at radius 2 is 1.73 bits per heavy atom. The minimum atomic E-state index is -1.34. The van der Waals surface area contributed by atoms with E-state index >= 15 is 0 Å². The van der Waals surface area contributed by atoms with Crippen molar-refractivity contribution in [1.29, 1.82) is 0 Å². The van der Waals surface area contributed by atoms with Crippen LogP contribution in [0.5, 0.6) is 0 Å². The predicted octanol–water partition coefficient (Wildman–Crippen LogP) is 6.20. The van der Waals surface area contributed by atoms with Gasteiger partial charge in [0.25, 0.3) is 0 Å². The van der Waals surface area contributed by atoms with E-state index in [4.69, 9.17) is 0 Å². The van der Waals surface area contributed by atoms with Gasteiger partial charge >= 0.3 is 0 Å². The molecule has 0 spiro atoms. The van der Waals surface area contributed by atoms with Crippen LogP contribution in [0, 0.1) is 11.5 Å². The minimum absolute atomic E-state index is 0.260. The fraction of sp³-hybridized carbons (Fsp3) is 0.667. The summed E-state index contributed by atoms with van der Waals surface area (Å²) < 4.78 is 0. The highest BCUT2D eigenvalue weighted by Gasteiger charge is 2.41. The highest BCUT2D eigenvalue weighted by molar-refractivity contribution is 6.83. The summed E-state index contributed by atoms with van der Waals surface area (Å²) in [7, 11) is 0.975. The molecule has 2 heteroatoms. The Morgan fingerprint density at radius 3 is 2.31 bits per heavy atom. The highest BCUT2D eigenvalue weighted by atomic mass is 28.3. The molecule has 140 valence electrons. The zero-order valence-electron chi connectivity index (χ0n) is 17.6. The van der Waals surface area contributed by atoms with Crippen LogP contribution in [0.4, 0.5) is 5.69 Å². The van der Waals surface area contributed by atoms with Crippen LogP contribution in [-0.2, 0) is 5.41 Å². The number of benzene rings is 1. The lowest BCUT2D eigenvalue weighted by Gasteiger charge is -2.40. The summed E-state index contributed by atoms with van der Waals surface area (Å²) in [6.45, 7) is 12.0. The van der Waals surface area contributed by atoms with Gasteiger partial charge in [0.15, 0.2) is 0 Å². The van der Waals surface area contributed by atoms with Crippen molar-refractivity contribution >= 4 is 13.8 Å². The lowest BCUT2D eigenvalue weighted by molar-refractivity contribution is 0.416. The Labute approximate surface area is 161 Å². The molecule has 0 radical (unpaired) electrons. The molecule has 3 aliphatic rings. The van der Waals surface area contributed by atoms with E-state index in [1.165, 1.54) is 44.2 Å². The molecular weight excluding hydrogens is 330 g/mol. The van der Waals surface area contributed by atoms with Crippen molar-refractivity contribution in [3.63, 3.8) is 0 Å². The Kier molecular flexibility index (Phi) is 4.31. The van der Waals surface area contributed by atoms with Crippen molar-refractivity contribution in [1.82, 2.24) is 0 Å². The van der Waals surface area contributed by atoms with Gasteiger partial charge in [-0.2, -0.15) is 0 Å². The first-order chi connectivity index (χ1) is 12.2. The number of fused-ring (bicyclic) bond motifs is 1. The normalized spacial score (nSPS) is 24.5. The van der Waals surface area contributed by atoms with E-state index in [1.54, 1.807) is 16.7 Å². The summed E-state index contributed by atoms with van der Waals surface area (Å²) in [5, 5.41) is 0. The average Bonchev–Trinajstić information content (AvgIpc) is 3.45. The van der Waals surface area contributed by atoms with E-state index in [-0.39, 0.29) is 5.41 Å². The van der Waals surface area contributed by atoms with Gasteiger partial charge < -0.3 is 4.90 Å². The zero-order valence-corrected chi connectivity index (χ0v) is 18.6. The molecule has 1 aromatic carbocycles. The summed E-state index contributed by atoms with van der Waals surface area (Å²) >= 11 is 0. The summed E-state index contributed by atoms with van der Waals surface area (Å²) in [6, 6.07) is 5.67. The van der Waals surface area contributed by atoms with E-state index in [1.807, 2.05) is 0 Å². The van der Waals surface area contributed by atoms with Crippen LogP contribution in [0.3, 0.4) is 0 Å². The molecule has 26 heavy (non-hydrogen) atoms. The SMILES string of the molecule is CN(c1ccc(C2CC2)c2c1C(C)(C)CCC2C#C[Si](C)(C)C)C1CC1. The number of rotatable bonds is 3. The molecule has 2 saturated carbocycles. The van der Waals surface area contributed by atoms with Gasteiger partial charge in [-0.15, -0.1) is 11.5 Å². The van der Waals surface area contributed by atoms with Gasteiger partial charge in [-0.1, -0.05) is 39.6 Å². The maximum Gasteiger partial charge on any atom is 0.129 e. The molecule has 0 aliphatic heterocycles. The first-order valence-corrected chi connectivity index (χ1v) is 14.1. The van der Waals surface area contributed by atoms with Crippen molar-refractivity contribution in [2.24, 2.45) is 0 Å². The molecule has 0 N–H and O–H groups in total. The smallest absolute Gasteiger partial charge is 0.129 e. The molecule has 1 nitrogen and oxygen atoms in total. The molecule has 0 bridgehead atoms. The maximum absolute atomic E-state index is 3.78. The summed E-state index contributed by atoms with van der Waals surface area (Å²) in [6.07, 6.45) is 7.94. The van der Waals surface area contributed by atoms with Gasteiger partial charge in [-0.05, 0) is 72.6 Å². The van der Waals surface area contributed by atoms with Crippen LogP contribution in [0.15, 0.2) is 12.1 Å². The van der Waals surface area contributed by atoms with Crippen LogP contribution >= 0.6 is 0 Å². The van der Waals surface area contributed by atoms with Crippen LogP contribution < -0.4 is 4.90 Å². The number of hydrogen-bond donors (Lipinski definition) is 0. The fourth-order valence-electron chi connectivity index (χ4n) is 4.64. The second-order valence-electron chi connectivity index (χ2n) is 10.6. The Bertz CT molecular complexity index is 766. The third kappa shape index (κ3) is 3.48. The molecule has 3 aliphatic carbocycles. The second-order valence-corrected chi connectivity index (χ2v) is 15.3. The van der Waals surface area contributed by atoms with Gasteiger partial charge in [-0.3, -0.25) is 0 Å². The number of hydrogen-bond acceptors (Lipinski definition) is 1. The molecule has 4 rings (SSSR count). The average molecular weight is 366 g/mol. The monoisotopic (exact) mass is 365 g/mol. The van der Waals surface area contributed by atoms with E-state index in [0.717, 1.165) is 12.0 Å². The Hall–Kier alpha value is -1.20. The molecular formula is C24H35NSi. The van der Waals surface area contributed by atoms with Crippen molar-refractivity contribution in [2.45, 2.75) is 95.3 Å². The molecule has 1 unspecified atom stereocenters. The van der Waals surface area contributed by atoms with Crippen molar-refractivity contribution in [3.8, 4) is 11.5 Å². The van der Waals surface area contributed by atoms with Crippen LogP contribution in [-0.4, -0.2) is 21.2 Å². The van der Waals surface area contributed by atoms with Crippen molar-refractivity contribution < 1.29 is 0 Å². The molecule has 1 atom stereocenters. The van der Waals surface area contributed by atoms with Crippen molar-refractivity contribution in [2.75, 3.05) is 11.9 Å². The first-order valence-electron chi connectivity index (χ1n) is 10.6. The molecule has 0 heterocycles. The lowest BCUT2D eigenvalue weighted by atomic mass is 9.66. The Morgan fingerprint density at radius 1 is 1.04 bits per heavy atom. The molecule has 0 saturated heterocycles. The van der Waals surface area contributed by atoms with E-state index in [0.29, 0.717) is 5.92 Å². The first kappa shape index (κ1) is 18.2. The van der Waals surface area contributed by atoms with Gasteiger partial charge in [0, 0.05) is 24.7 Å². The molecule has 2 fully saturated rings. The topological polar surface area (TPSA) is 3.24 Å². The number of nitrogens with zero attached hydrogens (tertiary/aromatic N) is 1. The van der Waals surface area contributed by atoms with Gasteiger partial charge in [0.05, 0.1) is 0 Å². The highest BCUT2D eigenvalue weighted by Crippen LogP contribution is 2.53. The van der Waals surface area contributed by atoms with Crippen LogP contribution in [0.2, 0.25) is 19.6 Å². The van der Waals surface area contributed by atoms with Crippen LogP contribution in [0.25, 0.3) is 0 Å². The second kappa shape index (κ2) is 6.16. The molecule has 0 aromatic heterocycles. The quantitative estimate of drug-likeness (QED) is 0.455. The third-order valence-corrected chi connectivity index (χ3v) is 7.35. The summed E-state index contributed by atoms with van der Waals surface area (Å²) in [4.78, 5) is 2.57. The van der Waals surface area contributed by atoms with E-state index in [9.17, 15) is 0 Å². The minimum Gasteiger partial charge on any atom is -0.371 e. The summed E-state index contributed by atoms with van der Waals surface area (Å²) in [5.41, 5.74) is 10.4. The zero-order chi connectivity index (χ0) is 18.7. The number of anilines is 1. The lowest BCUT2D eigenvalue weighted by Crippen LogP contribution is -2.32. The third-order valence-electron chi connectivity index (χ3n) is 6.45.